The van der Waals surface area contributed by atoms with Crippen LogP contribution in [-0.2, 0) is 4.79 Å². The quantitative estimate of drug-likeness (QED) is 0.778. The van der Waals surface area contributed by atoms with Crippen LogP contribution in [0.25, 0.3) is 0 Å². The first-order valence-corrected chi connectivity index (χ1v) is 6.86. The standard InChI is InChI=1S/C13H24N2O2/c1-10-9-14-7-6-12(10)15-8-2-3-11(15)4-5-13(16)17/h10-12,14H,2-9H2,1H3,(H,16,17)/t10-,11?,12+/m1/s1. The molecule has 0 aromatic rings. The summed E-state index contributed by atoms with van der Waals surface area (Å²) in [5, 5.41) is 12.2. The second-order valence-electron chi connectivity index (χ2n) is 5.50. The van der Waals surface area contributed by atoms with Crippen LogP contribution in [0.1, 0.15) is 39.0 Å². The molecule has 2 aliphatic heterocycles. The van der Waals surface area contributed by atoms with Crippen LogP contribution in [0.2, 0.25) is 0 Å². The summed E-state index contributed by atoms with van der Waals surface area (Å²) >= 11 is 0. The molecule has 1 unspecified atom stereocenters. The monoisotopic (exact) mass is 240 g/mol. The van der Waals surface area contributed by atoms with Gasteiger partial charge in [-0.1, -0.05) is 6.92 Å². The van der Waals surface area contributed by atoms with Crippen molar-refractivity contribution in [1.29, 1.82) is 0 Å². The maximum Gasteiger partial charge on any atom is 0.303 e. The van der Waals surface area contributed by atoms with E-state index in [9.17, 15) is 4.79 Å². The van der Waals surface area contributed by atoms with Crippen molar-refractivity contribution in [1.82, 2.24) is 10.2 Å². The molecule has 2 rings (SSSR count). The van der Waals surface area contributed by atoms with Crippen LogP contribution >= 0.6 is 0 Å². The van der Waals surface area contributed by atoms with E-state index >= 15 is 0 Å². The Morgan fingerprint density at radius 3 is 3.00 bits per heavy atom. The lowest BCUT2D eigenvalue weighted by Crippen LogP contribution is -2.50. The van der Waals surface area contributed by atoms with E-state index in [1.807, 2.05) is 0 Å². The third-order valence-electron chi connectivity index (χ3n) is 4.28. The van der Waals surface area contributed by atoms with Crippen LogP contribution < -0.4 is 5.32 Å². The zero-order chi connectivity index (χ0) is 12.3. The van der Waals surface area contributed by atoms with Gasteiger partial charge in [0, 0.05) is 18.5 Å². The predicted octanol–water partition coefficient (Wildman–Crippen LogP) is 1.31. The molecule has 0 radical (unpaired) electrons. The second-order valence-corrected chi connectivity index (χ2v) is 5.50. The van der Waals surface area contributed by atoms with Crippen molar-refractivity contribution in [2.75, 3.05) is 19.6 Å². The lowest BCUT2D eigenvalue weighted by atomic mass is 9.92. The minimum Gasteiger partial charge on any atom is -0.481 e. The van der Waals surface area contributed by atoms with E-state index in [0.717, 1.165) is 19.5 Å². The average Bonchev–Trinajstić information content (AvgIpc) is 2.75. The molecule has 0 amide bonds. The molecule has 0 aliphatic carbocycles. The highest BCUT2D eigenvalue weighted by atomic mass is 16.4. The smallest absolute Gasteiger partial charge is 0.303 e. The summed E-state index contributed by atoms with van der Waals surface area (Å²) in [4.78, 5) is 13.3. The molecule has 4 heteroatoms. The molecule has 2 aliphatic rings. The van der Waals surface area contributed by atoms with Gasteiger partial charge in [0.25, 0.3) is 0 Å². The van der Waals surface area contributed by atoms with E-state index < -0.39 is 5.97 Å². The van der Waals surface area contributed by atoms with Crippen molar-refractivity contribution in [3.05, 3.63) is 0 Å². The third-order valence-corrected chi connectivity index (χ3v) is 4.28. The molecule has 0 aromatic heterocycles. The van der Waals surface area contributed by atoms with Gasteiger partial charge >= 0.3 is 5.97 Å². The third kappa shape index (κ3) is 3.19. The van der Waals surface area contributed by atoms with E-state index in [1.165, 1.54) is 25.8 Å². The van der Waals surface area contributed by atoms with E-state index in [-0.39, 0.29) is 0 Å². The molecule has 4 nitrogen and oxygen atoms in total. The molecule has 3 atom stereocenters. The van der Waals surface area contributed by atoms with Gasteiger partial charge in [0.05, 0.1) is 0 Å². The van der Waals surface area contributed by atoms with Gasteiger partial charge in [-0.05, 0) is 51.2 Å². The summed E-state index contributed by atoms with van der Waals surface area (Å²) < 4.78 is 0. The Morgan fingerprint density at radius 1 is 1.47 bits per heavy atom. The van der Waals surface area contributed by atoms with Crippen LogP contribution in [0.5, 0.6) is 0 Å². The Bertz CT molecular complexity index is 270. The first-order chi connectivity index (χ1) is 8.18. The molecule has 0 saturated carbocycles. The van der Waals surface area contributed by atoms with Gasteiger partial charge in [0.2, 0.25) is 0 Å². The number of hydrogen-bond acceptors (Lipinski definition) is 3. The highest BCUT2D eigenvalue weighted by Gasteiger charge is 2.34. The SMILES string of the molecule is C[C@@H]1CNCC[C@@H]1N1CCCC1CCC(=O)O. The molecule has 2 fully saturated rings. The molecule has 2 N–H and O–H groups in total. The van der Waals surface area contributed by atoms with Gasteiger partial charge in [0.1, 0.15) is 0 Å². The summed E-state index contributed by atoms with van der Waals surface area (Å²) in [7, 11) is 0. The normalized spacial score (nSPS) is 35.0. The van der Waals surface area contributed by atoms with Gasteiger partial charge in [-0.2, -0.15) is 0 Å². The maximum atomic E-state index is 10.7. The van der Waals surface area contributed by atoms with Crippen molar-refractivity contribution in [3.63, 3.8) is 0 Å². The number of aliphatic carboxylic acids is 1. The number of hydrogen-bond donors (Lipinski definition) is 2. The molecule has 0 spiro atoms. The Morgan fingerprint density at radius 2 is 2.29 bits per heavy atom. The molecule has 2 heterocycles. The van der Waals surface area contributed by atoms with E-state index in [0.29, 0.717) is 24.4 Å². The van der Waals surface area contributed by atoms with Crippen LogP contribution in [0.3, 0.4) is 0 Å². The molecule has 17 heavy (non-hydrogen) atoms. The highest BCUT2D eigenvalue weighted by Crippen LogP contribution is 2.29. The van der Waals surface area contributed by atoms with Crippen LogP contribution in [0.4, 0.5) is 0 Å². The summed E-state index contributed by atoms with van der Waals surface area (Å²) in [6, 6.07) is 1.18. The van der Waals surface area contributed by atoms with Gasteiger partial charge in [-0.15, -0.1) is 0 Å². The number of nitrogens with one attached hydrogen (secondary N) is 1. The van der Waals surface area contributed by atoms with Crippen molar-refractivity contribution in [2.45, 2.75) is 51.1 Å². The van der Waals surface area contributed by atoms with E-state index in [2.05, 4.69) is 17.1 Å². The van der Waals surface area contributed by atoms with Crippen LogP contribution in [0.15, 0.2) is 0 Å². The van der Waals surface area contributed by atoms with Crippen molar-refractivity contribution < 1.29 is 9.90 Å². The topological polar surface area (TPSA) is 52.6 Å². The zero-order valence-electron chi connectivity index (χ0n) is 10.7. The Balaban J connectivity index is 1.91. The molecular formula is C13H24N2O2. The van der Waals surface area contributed by atoms with Gasteiger partial charge in [0.15, 0.2) is 0 Å². The number of rotatable bonds is 4. The van der Waals surface area contributed by atoms with Gasteiger partial charge in [-0.3, -0.25) is 9.69 Å². The number of carboxylic acid groups (broad SMARTS) is 1. The van der Waals surface area contributed by atoms with E-state index in [4.69, 9.17) is 5.11 Å². The van der Waals surface area contributed by atoms with Crippen molar-refractivity contribution in [3.8, 4) is 0 Å². The largest absolute Gasteiger partial charge is 0.481 e. The first kappa shape index (κ1) is 12.8. The van der Waals surface area contributed by atoms with Gasteiger partial charge < -0.3 is 10.4 Å². The Labute approximate surface area is 103 Å². The molecule has 0 bridgehead atoms. The lowest BCUT2D eigenvalue weighted by Gasteiger charge is -2.40. The summed E-state index contributed by atoms with van der Waals surface area (Å²) in [6.07, 6.45) is 4.78. The average molecular weight is 240 g/mol. The summed E-state index contributed by atoms with van der Waals surface area (Å²) in [5.74, 6) is 0.0318. The summed E-state index contributed by atoms with van der Waals surface area (Å²) in [5.41, 5.74) is 0. The second kappa shape index (κ2) is 5.83. The molecule has 98 valence electrons. The zero-order valence-corrected chi connectivity index (χ0v) is 10.7. The Hall–Kier alpha value is -0.610. The fourth-order valence-electron chi connectivity index (χ4n) is 3.39. The minimum absolute atomic E-state index is 0.320. The Kier molecular flexibility index (Phi) is 4.40. The van der Waals surface area contributed by atoms with Crippen molar-refractivity contribution >= 4 is 5.97 Å². The highest BCUT2D eigenvalue weighted by molar-refractivity contribution is 5.66. The first-order valence-electron chi connectivity index (χ1n) is 6.86. The molecule has 2 saturated heterocycles. The number of likely N-dealkylation sites (tertiary alicyclic amines) is 1. The number of carboxylic acids is 1. The fraction of sp³-hybridized carbons (Fsp3) is 0.923. The van der Waals surface area contributed by atoms with Crippen LogP contribution in [0, 0.1) is 5.92 Å². The maximum absolute atomic E-state index is 10.7. The van der Waals surface area contributed by atoms with Crippen LogP contribution in [-0.4, -0.2) is 47.7 Å². The number of nitrogens with zero attached hydrogens (tertiary/aromatic N) is 1. The number of carbonyl (C=O) groups is 1. The minimum atomic E-state index is -0.657. The summed E-state index contributed by atoms with van der Waals surface area (Å²) in [6.45, 7) is 5.69. The number of piperidine rings is 1. The molecular weight excluding hydrogens is 216 g/mol. The van der Waals surface area contributed by atoms with E-state index in [1.54, 1.807) is 0 Å². The van der Waals surface area contributed by atoms with Crippen molar-refractivity contribution in [2.24, 2.45) is 5.92 Å². The predicted molar refractivity (Wildman–Crippen MR) is 67.0 cm³/mol. The fourth-order valence-corrected chi connectivity index (χ4v) is 3.39. The lowest BCUT2D eigenvalue weighted by molar-refractivity contribution is -0.137. The molecule has 0 aromatic carbocycles. The van der Waals surface area contributed by atoms with Gasteiger partial charge in [-0.25, -0.2) is 0 Å².